The van der Waals surface area contributed by atoms with Gasteiger partial charge in [0.2, 0.25) is 0 Å². The lowest BCUT2D eigenvalue weighted by Crippen LogP contribution is -2.41. The first kappa shape index (κ1) is 17.6. The third-order valence-electron chi connectivity index (χ3n) is 4.16. The minimum atomic E-state index is -0.00793. The number of nitrogens with one attached hydrogen (secondary N) is 1. The van der Waals surface area contributed by atoms with Crippen LogP contribution in [0.15, 0.2) is 42.5 Å². The van der Waals surface area contributed by atoms with Gasteiger partial charge in [-0.15, -0.1) is 0 Å². The van der Waals surface area contributed by atoms with Gasteiger partial charge in [-0.1, -0.05) is 40.9 Å². The molecule has 3 rings (SSSR count). The Balaban J connectivity index is 1.86. The molecule has 1 fully saturated rings. The molecule has 0 radical (unpaired) electrons. The first-order chi connectivity index (χ1) is 11.5. The van der Waals surface area contributed by atoms with E-state index >= 15 is 0 Å². The van der Waals surface area contributed by atoms with Gasteiger partial charge in [0.1, 0.15) is 0 Å². The van der Waals surface area contributed by atoms with Crippen molar-refractivity contribution in [1.29, 1.82) is 0 Å². The Morgan fingerprint density at radius 2 is 1.83 bits per heavy atom. The number of rotatable bonds is 4. The van der Waals surface area contributed by atoms with Gasteiger partial charge < -0.3 is 10.2 Å². The lowest BCUT2D eigenvalue weighted by Gasteiger charge is -2.29. The highest BCUT2D eigenvalue weighted by molar-refractivity contribution is 6.42. The summed E-state index contributed by atoms with van der Waals surface area (Å²) in [4.78, 5) is 14.9. The molecule has 1 amide bonds. The highest BCUT2D eigenvalue weighted by Gasteiger charge is 2.27. The molecule has 1 aliphatic rings. The van der Waals surface area contributed by atoms with E-state index in [0.717, 1.165) is 25.1 Å². The molecule has 1 atom stereocenters. The van der Waals surface area contributed by atoms with Crippen LogP contribution in [0.1, 0.15) is 22.3 Å². The second-order valence-electron chi connectivity index (χ2n) is 5.84. The van der Waals surface area contributed by atoms with Crippen molar-refractivity contribution in [2.45, 2.75) is 19.0 Å². The molecular weight excluding hydrogens is 367 g/mol. The van der Waals surface area contributed by atoms with Crippen LogP contribution < -0.4 is 5.32 Å². The van der Waals surface area contributed by atoms with E-state index in [4.69, 9.17) is 34.8 Å². The molecule has 126 valence electrons. The normalized spacial score (nSPS) is 17.0. The van der Waals surface area contributed by atoms with Crippen molar-refractivity contribution in [1.82, 2.24) is 10.2 Å². The van der Waals surface area contributed by atoms with Gasteiger partial charge in [-0.05, 0) is 54.9 Å². The number of nitrogens with zero attached hydrogens (tertiary/aromatic N) is 1. The third kappa shape index (κ3) is 4.04. The second kappa shape index (κ2) is 7.75. The third-order valence-corrected chi connectivity index (χ3v) is 5.16. The fourth-order valence-electron chi connectivity index (χ4n) is 2.87. The van der Waals surface area contributed by atoms with Crippen molar-refractivity contribution in [3.63, 3.8) is 0 Å². The Labute approximate surface area is 156 Å². The van der Waals surface area contributed by atoms with Crippen molar-refractivity contribution >= 4 is 40.7 Å². The molecule has 2 aromatic carbocycles. The second-order valence-corrected chi connectivity index (χ2v) is 7.09. The van der Waals surface area contributed by atoms with Crippen molar-refractivity contribution in [2.24, 2.45) is 0 Å². The van der Waals surface area contributed by atoms with E-state index in [2.05, 4.69) is 5.32 Å². The Bertz CT molecular complexity index is 728. The van der Waals surface area contributed by atoms with Gasteiger partial charge in [-0.25, -0.2) is 0 Å². The monoisotopic (exact) mass is 382 g/mol. The number of amides is 1. The summed E-state index contributed by atoms with van der Waals surface area (Å²) in [6.07, 6.45) is 0.931. The maximum Gasteiger partial charge on any atom is 0.254 e. The van der Waals surface area contributed by atoms with Crippen LogP contribution in [-0.4, -0.2) is 29.9 Å². The molecule has 0 aromatic heterocycles. The van der Waals surface area contributed by atoms with Crippen LogP contribution in [0.4, 0.5) is 0 Å². The van der Waals surface area contributed by atoms with Gasteiger partial charge in [0, 0.05) is 29.7 Å². The molecule has 24 heavy (non-hydrogen) atoms. The van der Waals surface area contributed by atoms with E-state index in [1.165, 1.54) is 0 Å². The summed E-state index contributed by atoms with van der Waals surface area (Å²) in [6, 6.07) is 12.6. The van der Waals surface area contributed by atoms with E-state index in [-0.39, 0.29) is 11.9 Å². The SMILES string of the molecule is O=C(c1ccc(Cl)cc1)N(Cc1ccc(Cl)c(Cl)c1)C1CCNC1. The van der Waals surface area contributed by atoms with Crippen molar-refractivity contribution in [3.8, 4) is 0 Å². The van der Waals surface area contributed by atoms with Gasteiger partial charge in [0.25, 0.3) is 5.91 Å². The van der Waals surface area contributed by atoms with Crippen LogP contribution >= 0.6 is 34.8 Å². The Morgan fingerprint density at radius 3 is 2.46 bits per heavy atom. The van der Waals surface area contributed by atoms with Crippen LogP contribution in [0.2, 0.25) is 15.1 Å². The number of hydrogen-bond donors (Lipinski definition) is 1. The lowest BCUT2D eigenvalue weighted by atomic mass is 10.1. The molecule has 1 unspecified atom stereocenters. The number of halogens is 3. The zero-order valence-electron chi connectivity index (χ0n) is 12.9. The van der Waals surface area contributed by atoms with E-state index in [9.17, 15) is 4.79 Å². The van der Waals surface area contributed by atoms with Crippen LogP contribution in [0.25, 0.3) is 0 Å². The fourth-order valence-corrected chi connectivity index (χ4v) is 3.31. The highest BCUT2D eigenvalue weighted by atomic mass is 35.5. The topological polar surface area (TPSA) is 32.3 Å². The molecule has 0 aliphatic carbocycles. The van der Waals surface area contributed by atoms with Gasteiger partial charge in [0.15, 0.2) is 0 Å². The maximum atomic E-state index is 13.0. The summed E-state index contributed by atoms with van der Waals surface area (Å²) in [5.74, 6) is -0.00793. The summed E-state index contributed by atoms with van der Waals surface area (Å²) in [6.45, 7) is 2.20. The molecule has 6 heteroatoms. The first-order valence-corrected chi connectivity index (χ1v) is 8.89. The van der Waals surface area contributed by atoms with Crippen molar-refractivity contribution in [3.05, 3.63) is 68.7 Å². The molecule has 1 saturated heterocycles. The number of carbonyl (C=O) groups is 1. The summed E-state index contributed by atoms with van der Waals surface area (Å²) in [7, 11) is 0. The number of benzene rings is 2. The molecular formula is C18H17Cl3N2O. The molecule has 1 N–H and O–H groups in total. The molecule has 3 nitrogen and oxygen atoms in total. The minimum absolute atomic E-state index is 0.00793. The summed E-state index contributed by atoms with van der Waals surface area (Å²) < 4.78 is 0. The first-order valence-electron chi connectivity index (χ1n) is 7.76. The van der Waals surface area contributed by atoms with E-state index in [1.54, 1.807) is 30.3 Å². The predicted molar refractivity (Wildman–Crippen MR) is 99.1 cm³/mol. The molecule has 1 aliphatic heterocycles. The zero-order chi connectivity index (χ0) is 17.1. The maximum absolute atomic E-state index is 13.0. The minimum Gasteiger partial charge on any atom is -0.330 e. The van der Waals surface area contributed by atoms with E-state index in [1.807, 2.05) is 17.0 Å². The molecule has 0 spiro atoms. The Kier molecular flexibility index (Phi) is 5.67. The molecule has 0 saturated carbocycles. The standard InChI is InChI=1S/C18H17Cl3N2O/c19-14-4-2-13(3-5-14)18(24)23(15-7-8-22-10-15)11-12-1-6-16(20)17(21)9-12/h1-6,9,15,22H,7-8,10-11H2. The number of hydrogen-bond acceptors (Lipinski definition) is 2. The van der Waals surface area contributed by atoms with Crippen LogP contribution in [-0.2, 0) is 6.54 Å². The van der Waals surface area contributed by atoms with Crippen molar-refractivity contribution < 1.29 is 4.79 Å². The van der Waals surface area contributed by atoms with Gasteiger partial charge >= 0.3 is 0 Å². The van der Waals surface area contributed by atoms with Crippen LogP contribution in [0.5, 0.6) is 0 Å². The summed E-state index contributed by atoms with van der Waals surface area (Å²) in [5.41, 5.74) is 1.59. The average Bonchev–Trinajstić information content (AvgIpc) is 3.10. The van der Waals surface area contributed by atoms with Gasteiger partial charge in [-0.3, -0.25) is 4.79 Å². The van der Waals surface area contributed by atoms with E-state index < -0.39 is 0 Å². The van der Waals surface area contributed by atoms with Crippen LogP contribution in [0, 0.1) is 0 Å². The smallest absolute Gasteiger partial charge is 0.254 e. The predicted octanol–water partition coefficient (Wildman–Crippen LogP) is 4.65. The van der Waals surface area contributed by atoms with E-state index in [0.29, 0.717) is 27.2 Å². The zero-order valence-corrected chi connectivity index (χ0v) is 15.2. The van der Waals surface area contributed by atoms with Gasteiger partial charge in [-0.2, -0.15) is 0 Å². The van der Waals surface area contributed by atoms with Gasteiger partial charge in [0.05, 0.1) is 10.0 Å². The average molecular weight is 384 g/mol. The summed E-state index contributed by atoms with van der Waals surface area (Å²) in [5, 5.41) is 4.94. The Morgan fingerprint density at radius 1 is 1.08 bits per heavy atom. The number of carbonyl (C=O) groups excluding carboxylic acids is 1. The Hall–Kier alpha value is -1.26. The lowest BCUT2D eigenvalue weighted by molar-refractivity contribution is 0.0676. The highest BCUT2D eigenvalue weighted by Crippen LogP contribution is 2.25. The molecule has 0 bridgehead atoms. The van der Waals surface area contributed by atoms with Crippen LogP contribution in [0.3, 0.4) is 0 Å². The largest absolute Gasteiger partial charge is 0.330 e. The quantitative estimate of drug-likeness (QED) is 0.833. The molecule has 1 heterocycles. The van der Waals surface area contributed by atoms with Crippen molar-refractivity contribution in [2.75, 3.05) is 13.1 Å². The summed E-state index contributed by atoms with van der Waals surface area (Å²) >= 11 is 18.0. The fraction of sp³-hybridized carbons (Fsp3) is 0.278. The molecule has 2 aromatic rings.